The maximum atomic E-state index is 10.4. The van der Waals surface area contributed by atoms with Crippen LogP contribution in [0.5, 0.6) is 0 Å². The van der Waals surface area contributed by atoms with E-state index in [1.807, 2.05) is 158 Å². The van der Waals surface area contributed by atoms with Crippen molar-refractivity contribution >= 4 is 66.4 Å². The molecular weight excluding hydrogens is 1010 g/mol. The SMILES string of the molecule is [C-]#[N+]c1cc(C#N)c(-c2ccc3c(c2)c2ccccc2n3-c2ccc(-c3nc(-c4ccccc4)nc(-c4ccccc4)n3)cc2-c2ccc([N+]#[C-])cc2-n2c3ccccc3c3cc(-c4c(C#N)cc(C#N)cc4[N+]#[C-])ccc32)c([N+]#[C-])c1. The molecule has 0 atom stereocenters. The molecule has 0 aliphatic rings. The lowest BCUT2D eigenvalue weighted by Gasteiger charge is -2.20. The first-order chi connectivity index (χ1) is 40.3. The van der Waals surface area contributed by atoms with Gasteiger partial charge in [-0.3, -0.25) is 0 Å². The van der Waals surface area contributed by atoms with Gasteiger partial charge in [-0.05, 0) is 90.0 Å². The Bertz CT molecular complexity index is 5070. The van der Waals surface area contributed by atoms with Gasteiger partial charge in [0.2, 0.25) is 0 Å². The molecular formula is C70H34N12. The number of fused-ring (bicyclic) bond motifs is 6. The molecule has 0 aliphatic heterocycles. The number of nitrogens with zero attached hydrogens (tertiary/aromatic N) is 12. The number of rotatable bonds is 8. The number of nitriles is 3. The first-order valence-corrected chi connectivity index (χ1v) is 25.6. The third-order valence-corrected chi connectivity index (χ3v) is 14.7. The lowest BCUT2D eigenvalue weighted by molar-refractivity contribution is 1.07. The number of hydrogen-bond donors (Lipinski definition) is 0. The van der Waals surface area contributed by atoms with Crippen molar-refractivity contribution in [2.45, 2.75) is 0 Å². The second-order valence-electron chi connectivity index (χ2n) is 19.2. The molecule has 3 heterocycles. The van der Waals surface area contributed by atoms with Crippen LogP contribution in [-0.4, -0.2) is 24.1 Å². The monoisotopic (exact) mass is 1040 g/mol. The Labute approximate surface area is 469 Å². The third kappa shape index (κ3) is 8.07. The zero-order valence-corrected chi connectivity index (χ0v) is 43.0. The van der Waals surface area contributed by atoms with Crippen molar-refractivity contribution in [3.8, 4) is 97.1 Å². The Morgan fingerprint density at radius 3 is 1.37 bits per heavy atom. The fourth-order valence-corrected chi connectivity index (χ4v) is 11.1. The minimum absolute atomic E-state index is 0.194. The maximum absolute atomic E-state index is 10.4. The van der Waals surface area contributed by atoms with Crippen LogP contribution in [0.2, 0.25) is 0 Å². The van der Waals surface area contributed by atoms with E-state index in [4.69, 9.17) is 41.2 Å². The molecule has 374 valence electrons. The summed E-state index contributed by atoms with van der Waals surface area (Å²) in [7, 11) is 0. The summed E-state index contributed by atoms with van der Waals surface area (Å²) in [6.07, 6.45) is 0. The van der Waals surface area contributed by atoms with Gasteiger partial charge in [-0.1, -0.05) is 127 Å². The van der Waals surface area contributed by atoms with E-state index in [1.165, 1.54) is 24.3 Å². The van der Waals surface area contributed by atoms with Gasteiger partial charge in [-0.2, -0.15) is 15.8 Å². The molecule has 0 amide bonds. The van der Waals surface area contributed by atoms with Crippen LogP contribution >= 0.6 is 0 Å². The maximum Gasteiger partial charge on any atom is 0.197 e. The molecule has 10 aromatic carbocycles. The molecule has 12 heteroatoms. The highest BCUT2D eigenvalue weighted by atomic mass is 15.0. The highest BCUT2D eigenvalue weighted by Crippen LogP contribution is 2.46. The molecule has 0 N–H and O–H groups in total. The second-order valence-corrected chi connectivity index (χ2v) is 19.2. The van der Waals surface area contributed by atoms with Crippen LogP contribution in [0.4, 0.5) is 22.7 Å². The van der Waals surface area contributed by atoms with Crippen LogP contribution < -0.4 is 0 Å². The number of para-hydroxylation sites is 2. The summed E-state index contributed by atoms with van der Waals surface area (Å²) in [5.74, 6) is 1.43. The minimum atomic E-state index is 0.194. The van der Waals surface area contributed by atoms with E-state index in [9.17, 15) is 15.8 Å². The van der Waals surface area contributed by atoms with Crippen LogP contribution in [0.3, 0.4) is 0 Å². The number of hydrogen-bond acceptors (Lipinski definition) is 6. The summed E-state index contributed by atoms with van der Waals surface area (Å²) < 4.78 is 4.36. The van der Waals surface area contributed by atoms with Gasteiger partial charge in [0.1, 0.15) is 0 Å². The summed E-state index contributed by atoms with van der Waals surface area (Å²) in [5.41, 5.74) is 12.5. The van der Waals surface area contributed by atoms with Crippen molar-refractivity contribution in [1.82, 2.24) is 24.1 Å². The van der Waals surface area contributed by atoms with E-state index in [0.29, 0.717) is 56.7 Å². The average Bonchev–Trinajstić information content (AvgIpc) is 3.08. The molecule has 0 bridgehead atoms. The Balaban J connectivity index is 1.11. The standard InChI is InChI=1S/C70H34N12/c1-74-50-26-27-54(65(38-50)82-61-22-14-12-20-53(61)56-34-45(24-29-64(56)82)66-48(40-72)31-42(39-71)32-58(66)76-3)57-36-47(70-79-68(43-15-7-5-8-16-43)78-69(80-70)44-17-9-6-10-18-44)25-30-63(57)81-60-21-13-11-19-52(60)55-35-46(23-28-62(55)81)67-49(41-73)33-51(75-2)37-59(67)77-4/h5-38H. The van der Waals surface area contributed by atoms with Gasteiger partial charge in [0.15, 0.2) is 40.2 Å². The predicted molar refractivity (Wildman–Crippen MR) is 320 cm³/mol. The van der Waals surface area contributed by atoms with Crippen LogP contribution in [0.15, 0.2) is 206 Å². The molecule has 0 radical (unpaired) electrons. The van der Waals surface area contributed by atoms with E-state index in [0.717, 1.165) is 71.6 Å². The molecule has 0 aliphatic carbocycles. The van der Waals surface area contributed by atoms with Gasteiger partial charge >= 0.3 is 0 Å². The van der Waals surface area contributed by atoms with Crippen molar-refractivity contribution in [2.75, 3.05) is 0 Å². The van der Waals surface area contributed by atoms with E-state index < -0.39 is 0 Å². The lowest BCUT2D eigenvalue weighted by Crippen LogP contribution is -2.03. The Morgan fingerprint density at radius 1 is 0.341 bits per heavy atom. The molecule has 0 spiro atoms. The summed E-state index contributed by atoms with van der Waals surface area (Å²) in [4.78, 5) is 30.4. The highest BCUT2D eigenvalue weighted by Gasteiger charge is 2.25. The molecule has 0 unspecified atom stereocenters. The molecule has 13 rings (SSSR count). The van der Waals surface area contributed by atoms with Gasteiger partial charge in [0.25, 0.3) is 0 Å². The first kappa shape index (κ1) is 48.9. The van der Waals surface area contributed by atoms with E-state index >= 15 is 0 Å². The molecule has 82 heavy (non-hydrogen) atoms. The summed E-state index contributed by atoms with van der Waals surface area (Å²) in [6, 6.07) is 71.9. The van der Waals surface area contributed by atoms with Gasteiger partial charge in [0.05, 0.1) is 77.8 Å². The van der Waals surface area contributed by atoms with Crippen molar-refractivity contribution in [2.24, 2.45) is 0 Å². The predicted octanol–water partition coefficient (Wildman–Crippen LogP) is 17.9. The van der Waals surface area contributed by atoms with Crippen LogP contribution in [0.1, 0.15) is 16.7 Å². The second kappa shape index (κ2) is 20.0. The summed E-state index contributed by atoms with van der Waals surface area (Å²) >= 11 is 0. The number of aromatic nitrogens is 5. The highest BCUT2D eigenvalue weighted by molar-refractivity contribution is 6.13. The van der Waals surface area contributed by atoms with Crippen LogP contribution in [-0.2, 0) is 0 Å². The Morgan fingerprint density at radius 2 is 0.829 bits per heavy atom. The minimum Gasteiger partial charge on any atom is -0.310 e. The first-order valence-electron chi connectivity index (χ1n) is 25.6. The summed E-state index contributed by atoms with van der Waals surface area (Å²) in [5, 5.41) is 34.0. The van der Waals surface area contributed by atoms with Crippen LogP contribution in [0.25, 0.3) is 142 Å². The zero-order chi connectivity index (χ0) is 56.0. The fourth-order valence-electron chi connectivity index (χ4n) is 11.1. The summed E-state index contributed by atoms with van der Waals surface area (Å²) in [6.45, 7) is 32.2. The van der Waals surface area contributed by atoms with E-state index in [1.54, 1.807) is 0 Å². The zero-order valence-electron chi connectivity index (χ0n) is 43.0. The lowest BCUT2D eigenvalue weighted by atomic mass is 9.95. The fraction of sp³-hybridized carbons (Fsp3) is 0. The molecule has 0 saturated carbocycles. The van der Waals surface area contributed by atoms with Gasteiger partial charge < -0.3 is 9.13 Å². The quantitative estimate of drug-likeness (QED) is 0.139. The molecule has 0 fully saturated rings. The van der Waals surface area contributed by atoms with E-state index in [-0.39, 0.29) is 33.8 Å². The number of benzene rings is 10. The topological polar surface area (TPSA) is 137 Å². The molecule has 12 nitrogen and oxygen atoms in total. The van der Waals surface area contributed by atoms with Gasteiger partial charge in [-0.25, -0.2) is 34.3 Å². The average molecular weight is 1040 g/mol. The Hall–Kier alpha value is -12.8. The van der Waals surface area contributed by atoms with Crippen LogP contribution in [0, 0.1) is 60.3 Å². The van der Waals surface area contributed by atoms with Crippen molar-refractivity contribution in [3.63, 3.8) is 0 Å². The van der Waals surface area contributed by atoms with E-state index in [2.05, 4.69) is 71.0 Å². The molecule has 0 saturated heterocycles. The van der Waals surface area contributed by atoms with Gasteiger partial charge in [0, 0.05) is 77.3 Å². The van der Waals surface area contributed by atoms with Crippen molar-refractivity contribution < 1.29 is 0 Å². The Kier molecular flexibility index (Phi) is 11.9. The van der Waals surface area contributed by atoms with Crippen molar-refractivity contribution in [3.05, 3.63) is 269 Å². The van der Waals surface area contributed by atoms with Gasteiger partial charge in [-0.15, -0.1) is 0 Å². The largest absolute Gasteiger partial charge is 0.310 e. The smallest absolute Gasteiger partial charge is 0.197 e. The molecule has 13 aromatic rings. The van der Waals surface area contributed by atoms with Crippen molar-refractivity contribution in [1.29, 1.82) is 15.8 Å². The third-order valence-electron chi connectivity index (χ3n) is 14.7. The normalized spacial score (nSPS) is 10.8. The molecule has 3 aromatic heterocycles.